The van der Waals surface area contributed by atoms with Gasteiger partial charge in [0.1, 0.15) is 0 Å². The summed E-state index contributed by atoms with van der Waals surface area (Å²) in [7, 11) is 1.53. The first-order valence-electron chi connectivity index (χ1n) is 2.73. The van der Waals surface area contributed by atoms with Crippen LogP contribution >= 0.6 is 0 Å². The summed E-state index contributed by atoms with van der Waals surface area (Å²) in [4.78, 5) is 0. The van der Waals surface area contributed by atoms with Crippen LogP contribution in [0.1, 0.15) is 6.92 Å². The molecule has 58 valence electrons. The molecule has 1 N–H and O–H groups in total. The van der Waals surface area contributed by atoms with Gasteiger partial charge in [-0.05, 0) is 13.0 Å². The molecule has 0 amide bonds. The summed E-state index contributed by atoms with van der Waals surface area (Å²) in [6.45, 7) is 5.19. The molecule has 1 unspecified atom stereocenters. The van der Waals surface area contributed by atoms with Gasteiger partial charge >= 0.3 is 0 Å². The predicted molar refractivity (Wildman–Crippen MR) is 42.5 cm³/mol. The fourth-order valence-corrected chi connectivity index (χ4v) is 0.706. The highest BCUT2D eigenvalue weighted by atomic mass is 32.2. The minimum Gasteiger partial charge on any atom is -0.289 e. The van der Waals surface area contributed by atoms with Crippen molar-refractivity contribution in [3.8, 4) is 0 Å². The van der Waals surface area contributed by atoms with Gasteiger partial charge in [0, 0.05) is 12.7 Å². The molecular formula is C6H11NO2S. The highest BCUT2D eigenvalue weighted by molar-refractivity contribution is 7.76. The van der Waals surface area contributed by atoms with Crippen LogP contribution in [-0.4, -0.2) is 20.1 Å². The van der Waals surface area contributed by atoms with E-state index >= 15 is 0 Å². The average Bonchev–Trinajstić information content (AvgIpc) is 1.87. The third kappa shape index (κ3) is 2.80. The molecule has 0 aromatic carbocycles. The normalized spacial score (nSPS) is 14.5. The maximum absolute atomic E-state index is 10.4. The molecule has 0 saturated heterocycles. The van der Waals surface area contributed by atoms with Crippen LogP contribution in [0.3, 0.4) is 0 Å². The lowest BCUT2D eigenvalue weighted by Crippen LogP contribution is -2.17. The Balaban J connectivity index is 4.19. The van der Waals surface area contributed by atoms with Crippen LogP contribution in [0.2, 0.25) is 0 Å². The monoisotopic (exact) mass is 161 g/mol. The second-order valence-corrected chi connectivity index (χ2v) is 2.78. The number of hydrogen-bond donors (Lipinski definition) is 1. The zero-order valence-electron chi connectivity index (χ0n) is 6.07. The van der Waals surface area contributed by atoms with Crippen molar-refractivity contribution in [2.75, 3.05) is 7.05 Å². The van der Waals surface area contributed by atoms with Crippen molar-refractivity contribution < 1.29 is 8.76 Å². The van der Waals surface area contributed by atoms with Gasteiger partial charge in [0.15, 0.2) is 0 Å². The predicted octanol–water partition coefficient (Wildman–Crippen LogP) is 1.14. The lowest BCUT2D eigenvalue weighted by Gasteiger charge is -2.12. The third-order valence-corrected chi connectivity index (χ3v) is 1.85. The minimum atomic E-state index is -1.92. The molecular weight excluding hydrogens is 150 g/mol. The van der Waals surface area contributed by atoms with Gasteiger partial charge < -0.3 is 0 Å². The molecule has 0 bridgehead atoms. The molecule has 0 aliphatic heterocycles. The molecule has 0 aliphatic carbocycles. The quantitative estimate of drug-likeness (QED) is 0.498. The lowest BCUT2D eigenvalue weighted by atomic mass is 10.4. The van der Waals surface area contributed by atoms with Crippen molar-refractivity contribution in [3.63, 3.8) is 0 Å². The Labute approximate surface area is 63.5 Å². The maximum Gasteiger partial charge on any atom is 0.261 e. The Morgan fingerprint density at radius 2 is 2.30 bits per heavy atom. The fourth-order valence-electron chi connectivity index (χ4n) is 0.399. The van der Waals surface area contributed by atoms with E-state index in [1.165, 1.54) is 11.4 Å². The Bertz CT molecular complexity index is 177. The Hall–Kier alpha value is -0.610. The summed E-state index contributed by atoms with van der Waals surface area (Å²) in [5.41, 5.74) is 0.704. The molecule has 1 atom stereocenters. The summed E-state index contributed by atoms with van der Waals surface area (Å²) in [6, 6.07) is 0. The van der Waals surface area contributed by atoms with Gasteiger partial charge in [-0.15, -0.1) is 0 Å². The standard InChI is InChI=1S/C6H11NO2S/c1-4-5-6(2)7(3)10(8)9/h4-5H,1H2,2-3H3,(H,8,9)/b6-5+. The van der Waals surface area contributed by atoms with Gasteiger partial charge in [0.25, 0.3) is 11.3 Å². The molecule has 0 fully saturated rings. The van der Waals surface area contributed by atoms with Crippen molar-refractivity contribution in [3.05, 3.63) is 24.4 Å². The van der Waals surface area contributed by atoms with Crippen LogP contribution in [0.15, 0.2) is 24.4 Å². The van der Waals surface area contributed by atoms with E-state index in [1.807, 2.05) is 0 Å². The Kier molecular flexibility index (Phi) is 3.99. The molecule has 0 aromatic heterocycles. The van der Waals surface area contributed by atoms with E-state index in [2.05, 4.69) is 6.58 Å². The molecule has 0 heterocycles. The summed E-state index contributed by atoms with van der Waals surface area (Å²) >= 11 is -1.92. The SMILES string of the molecule is C=C/C=C(\C)N(C)S(=O)O. The van der Waals surface area contributed by atoms with Gasteiger partial charge in [0.2, 0.25) is 0 Å². The van der Waals surface area contributed by atoms with Crippen molar-refractivity contribution in [2.45, 2.75) is 6.92 Å². The van der Waals surface area contributed by atoms with Gasteiger partial charge in [-0.1, -0.05) is 12.7 Å². The summed E-state index contributed by atoms with van der Waals surface area (Å²) in [6.07, 6.45) is 3.23. The van der Waals surface area contributed by atoms with Gasteiger partial charge in [-0.3, -0.25) is 8.86 Å². The zero-order valence-corrected chi connectivity index (χ0v) is 6.89. The van der Waals surface area contributed by atoms with Gasteiger partial charge in [0.05, 0.1) is 0 Å². The zero-order chi connectivity index (χ0) is 8.15. The van der Waals surface area contributed by atoms with Crippen LogP contribution < -0.4 is 0 Å². The fraction of sp³-hybridized carbons (Fsp3) is 0.333. The Morgan fingerprint density at radius 1 is 1.80 bits per heavy atom. The van der Waals surface area contributed by atoms with E-state index in [-0.39, 0.29) is 0 Å². The molecule has 0 radical (unpaired) electrons. The number of rotatable bonds is 3. The van der Waals surface area contributed by atoms with Crippen LogP contribution in [0.4, 0.5) is 0 Å². The van der Waals surface area contributed by atoms with E-state index in [1.54, 1.807) is 19.1 Å². The van der Waals surface area contributed by atoms with Gasteiger partial charge in [-0.2, -0.15) is 0 Å². The van der Waals surface area contributed by atoms with Crippen LogP contribution in [0.5, 0.6) is 0 Å². The highest BCUT2D eigenvalue weighted by Gasteiger charge is 2.01. The summed E-state index contributed by atoms with van der Waals surface area (Å²) in [5, 5.41) is 0. The molecule has 0 aromatic rings. The maximum atomic E-state index is 10.4. The van der Waals surface area contributed by atoms with Crippen molar-refractivity contribution in [1.29, 1.82) is 0 Å². The van der Waals surface area contributed by atoms with Crippen LogP contribution in [-0.2, 0) is 11.3 Å². The first-order chi connectivity index (χ1) is 4.59. The first kappa shape index (κ1) is 9.39. The minimum absolute atomic E-state index is 0.704. The van der Waals surface area contributed by atoms with Crippen LogP contribution in [0.25, 0.3) is 0 Å². The Morgan fingerprint density at radius 3 is 2.60 bits per heavy atom. The van der Waals surface area contributed by atoms with E-state index in [9.17, 15) is 4.21 Å². The molecule has 0 rings (SSSR count). The second-order valence-electron chi connectivity index (χ2n) is 1.77. The highest BCUT2D eigenvalue weighted by Crippen LogP contribution is 2.00. The molecule has 10 heavy (non-hydrogen) atoms. The van der Waals surface area contributed by atoms with Gasteiger partial charge in [-0.25, -0.2) is 4.21 Å². The second kappa shape index (κ2) is 4.24. The first-order valence-corrected chi connectivity index (χ1v) is 3.80. The smallest absolute Gasteiger partial charge is 0.261 e. The van der Waals surface area contributed by atoms with Crippen molar-refractivity contribution in [1.82, 2.24) is 4.31 Å². The largest absolute Gasteiger partial charge is 0.289 e. The topological polar surface area (TPSA) is 40.5 Å². The lowest BCUT2D eigenvalue weighted by molar-refractivity contribution is 0.494. The van der Waals surface area contributed by atoms with E-state index < -0.39 is 11.3 Å². The average molecular weight is 161 g/mol. The van der Waals surface area contributed by atoms with E-state index in [0.717, 1.165) is 0 Å². The molecule has 3 nitrogen and oxygen atoms in total. The van der Waals surface area contributed by atoms with Crippen LogP contribution in [0, 0.1) is 0 Å². The molecule has 0 saturated carbocycles. The van der Waals surface area contributed by atoms with E-state index in [4.69, 9.17) is 4.55 Å². The molecule has 4 heteroatoms. The number of allylic oxidation sites excluding steroid dienone is 3. The number of hydrogen-bond acceptors (Lipinski definition) is 1. The van der Waals surface area contributed by atoms with Crippen molar-refractivity contribution in [2.24, 2.45) is 0 Å². The van der Waals surface area contributed by atoms with Crippen molar-refractivity contribution >= 4 is 11.3 Å². The molecule has 0 aliphatic rings. The summed E-state index contributed by atoms with van der Waals surface area (Å²) < 4.78 is 20.2. The van der Waals surface area contributed by atoms with E-state index in [0.29, 0.717) is 5.70 Å². The number of nitrogens with zero attached hydrogens (tertiary/aromatic N) is 1. The third-order valence-electron chi connectivity index (χ3n) is 1.09. The summed E-state index contributed by atoms with van der Waals surface area (Å²) in [5.74, 6) is 0. The molecule has 0 spiro atoms.